The quantitative estimate of drug-likeness (QED) is 0.670. The first kappa shape index (κ1) is 12.4. The summed E-state index contributed by atoms with van der Waals surface area (Å²) < 4.78 is 21.8. The molecule has 1 rings (SSSR count). The van der Waals surface area contributed by atoms with Gasteiger partial charge in [0.05, 0.1) is 5.75 Å². The van der Waals surface area contributed by atoms with Crippen molar-refractivity contribution in [2.75, 3.05) is 18.6 Å². The van der Waals surface area contributed by atoms with Gasteiger partial charge in [0.1, 0.15) is 15.4 Å². The van der Waals surface area contributed by atoms with Crippen molar-refractivity contribution in [1.82, 2.24) is 5.32 Å². The van der Waals surface area contributed by atoms with E-state index >= 15 is 0 Å². The van der Waals surface area contributed by atoms with Crippen LogP contribution in [0.1, 0.15) is 19.8 Å². The number of aliphatic carboxylic acids is 1. The predicted octanol–water partition coefficient (Wildman–Crippen LogP) is -0.126. The number of hydrogen-bond acceptors (Lipinski definition) is 4. The van der Waals surface area contributed by atoms with Crippen LogP contribution >= 0.6 is 0 Å². The fourth-order valence-corrected chi connectivity index (χ4v) is 2.02. The molecule has 0 saturated heterocycles. The summed E-state index contributed by atoms with van der Waals surface area (Å²) in [5.74, 6) is -0.796. The van der Waals surface area contributed by atoms with E-state index in [1.807, 2.05) is 0 Å². The van der Waals surface area contributed by atoms with Gasteiger partial charge < -0.3 is 10.4 Å². The van der Waals surface area contributed by atoms with Crippen molar-refractivity contribution in [2.24, 2.45) is 5.92 Å². The average molecular weight is 235 g/mol. The highest BCUT2D eigenvalue weighted by atomic mass is 32.2. The third kappa shape index (κ3) is 3.46. The summed E-state index contributed by atoms with van der Waals surface area (Å²) in [5.41, 5.74) is -0.968. The molecule has 0 aromatic heterocycles. The maximum absolute atomic E-state index is 11.0. The van der Waals surface area contributed by atoms with E-state index in [4.69, 9.17) is 5.11 Å². The number of sulfone groups is 1. The number of hydrogen-bond donors (Lipinski definition) is 2. The second-order valence-electron chi connectivity index (χ2n) is 4.34. The zero-order valence-electron chi connectivity index (χ0n) is 8.99. The number of carboxylic acid groups (broad SMARTS) is 1. The van der Waals surface area contributed by atoms with Crippen molar-refractivity contribution < 1.29 is 18.3 Å². The minimum atomic E-state index is -3.03. The molecular weight excluding hydrogens is 218 g/mol. The molecule has 5 nitrogen and oxygen atoms in total. The summed E-state index contributed by atoms with van der Waals surface area (Å²) in [6.07, 6.45) is 2.94. The van der Waals surface area contributed by atoms with Crippen molar-refractivity contribution in [3.8, 4) is 0 Å². The third-order valence-corrected chi connectivity index (χ3v) is 3.75. The highest BCUT2D eigenvalue weighted by Crippen LogP contribution is 2.39. The fourth-order valence-electron chi connectivity index (χ4n) is 1.55. The fraction of sp³-hybridized carbons (Fsp3) is 0.889. The Bertz CT molecular complexity index is 347. The van der Waals surface area contributed by atoms with E-state index in [9.17, 15) is 13.2 Å². The molecule has 1 atom stereocenters. The highest BCUT2D eigenvalue weighted by molar-refractivity contribution is 7.90. The molecule has 15 heavy (non-hydrogen) atoms. The van der Waals surface area contributed by atoms with E-state index < -0.39 is 21.3 Å². The largest absolute Gasteiger partial charge is 0.480 e. The molecule has 0 aromatic rings. The number of rotatable bonds is 6. The van der Waals surface area contributed by atoms with Crippen LogP contribution in [0.25, 0.3) is 0 Å². The third-order valence-electron chi connectivity index (χ3n) is 2.80. The Morgan fingerprint density at radius 3 is 2.40 bits per heavy atom. The average Bonchev–Trinajstić information content (AvgIpc) is 2.82. The molecule has 1 saturated carbocycles. The highest BCUT2D eigenvalue weighted by Gasteiger charge is 2.47. The predicted molar refractivity (Wildman–Crippen MR) is 56.5 cm³/mol. The molecule has 0 bridgehead atoms. The normalized spacial score (nSPS) is 20.9. The second-order valence-corrected chi connectivity index (χ2v) is 6.60. The summed E-state index contributed by atoms with van der Waals surface area (Å²) in [5, 5.41) is 11.9. The molecule has 0 amide bonds. The van der Waals surface area contributed by atoms with Gasteiger partial charge in [-0.15, -0.1) is 0 Å². The molecule has 6 heteroatoms. The van der Waals surface area contributed by atoms with Gasteiger partial charge in [0.25, 0.3) is 0 Å². The van der Waals surface area contributed by atoms with Gasteiger partial charge in [-0.2, -0.15) is 0 Å². The SMILES string of the molecule is CC(NCCS(C)(=O)=O)(C(=O)O)C1CC1. The van der Waals surface area contributed by atoms with Gasteiger partial charge in [0.2, 0.25) is 0 Å². The van der Waals surface area contributed by atoms with Crippen LogP contribution in [0.4, 0.5) is 0 Å². The maximum atomic E-state index is 11.0. The van der Waals surface area contributed by atoms with Crippen molar-refractivity contribution in [3.63, 3.8) is 0 Å². The Hall–Kier alpha value is -0.620. The molecular formula is C9H17NO4S. The van der Waals surface area contributed by atoms with Crippen molar-refractivity contribution in [2.45, 2.75) is 25.3 Å². The number of nitrogens with one attached hydrogen (secondary N) is 1. The topological polar surface area (TPSA) is 83.5 Å². The van der Waals surface area contributed by atoms with E-state index in [-0.39, 0.29) is 18.2 Å². The molecule has 0 spiro atoms. The lowest BCUT2D eigenvalue weighted by Crippen LogP contribution is -2.52. The molecule has 0 radical (unpaired) electrons. The zero-order chi connectivity index (χ0) is 11.7. The van der Waals surface area contributed by atoms with Crippen LogP contribution in [-0.4, -0.2) is 43.6 Å². The van der Waals surface area contributed by atoms with Gasteiger partial charge in [-0.1, -0.05) is 0 Å². The lowest BCUT2D eigenvalue weighted by molar-refractivity contribution is -0.145. The summed E-state index contributed by atoms with van der Waals surface area (Å²) in [6, 6.07) is 0. The first-order valence-corrected chi connectivity index (χ1v) is 6.98. The van der Waals surface area contributed by atoms with E-state index in [1.54, 1.807) is 6.92 Å². The lowest BCUT2D eigenvalue weighted by Gasteiger charge is -2.25. The minimum absolute atomic E-state index is 0.0252. The van der Waals surface area contributed by atoms with Crippen LogP contribution in [0.3, 0.4) is 0 Å². The lowest BCUT2D eigenvalue weighted by atomic mass is 9.96. The van der Waals surface area contributed by atoms with Gasteiger partial charge in [-0.3, -0.25) is 4.79 Å². The van der Waals surface area contributed by atoms with Crippen LogP contribution in [0, 0.1) is 5.92 Å². The van der Waals surface area contributed by atoms with Crippen LogP contribution in [0.15, 0.2) is 0 Å². The summed E-state index contributed by atoms with van der Waals surface area (Å²) in [7, 11) is -3.03. The second kappa shape index (κ2) is 4.09. The Morgan fingerprint density at radius 2 is 2.07 bits per heavy atom. The summed E-state index contributed by atoms with van der Waals surface area (Å²) in [4.78, 5) is 11.0. The molecule has 0 aromatic carbocycles. The first-order chi connectivity index (χ1) is 6.76. The molecule has 0 aliphatic heterocycles. The van der Waals surface area contributed by atoms with E-state index in [2.05, 4.69) is 5.32 Å². The van der Waals surface area contributed by atoms with Gasteiger partial charge in [0, 0.05) is 12.8 Å². The maximum Gasteiger partial charge on any atom is 0.323 e. The smallest absolute Gasteiger partial charge is 0.323 e. The minimum Gasteiger partial charge on any atom is -0.480 e. The zero-order valence-corrected chi connectivity index (χ0v) is 9.80. The molecule has 1 fully saturated rings. The van der Waals surface area contributed by atoms with Crippen molar-refractivity contribution in [1.29, 1.82) is 0 Å². The van der Waals surface area contributed by atoms with Crippen LogP contribution in [0.2, 0.25) is 0 Å². The molecule has 1 aliphatic carbocycles. The molecule has 1 unspecified atom stereocenters. The first-order valence-electron chi connectivity index (χ1n) is 4.92. The Balaban J connectivity index is 2.50. The van der Waals surface area contributed by atoms with Crippen LogP contribution in [0.5, 0.6) is 0 Å². The number of carbonyl (C=O) groups is 1. The number of carboxylic acids is 1. The molecule has 88 valence electrons. The summed E-state index contributed by atoms with van der Waals surface area (Å²) >= 11 is 0. The standard InChI is InChI=1S/C9H17NO4S/c1-9(8(11)12,7-3-4-7)10-5-6-15(2,13)14/h7,10H,3-6H2,1-2H3,(H,11,12). The Morgan fingerprint density at radius 1 is 1.53 bits per heavy atom. The van der Waals surface area contributed by atoms with Gasteiger partial charge in [-0.25, -0.2) is 8.42 Å². The summed E-state index contributed by atoms with van der Waals surface area (Å²) in [6.45, 7) is 1.81. The van der Waals surface area contributed by atoms with Crippen molar-refractivity contribution >= 4 is 15.8 Å². The van der Waals surface area contributed by atoms with E-state index in [0.29, 0.717) is 0 Å². The monoisotopic (exact) mass is 235 g/mol. The Labute approximate surface area is 89.8 Å². The van der Waals surface area contributed by atoms with E-state index in [1.165, 1.54) is 0 Å². The van der Waals surface area contributed by atoms with E-state index in [0.717, 1.165) is 19.1 Å². The molecule has 1 aliphatic rings. The van der Waals surface area contributed by atoms with Crippen LogP contribution in [-0.2, 0) is 14.6 Å². The van der Waals surface area contributed by atoms with Gasteiger partial charge in [0.15, 0.2) is 0 Å². The van der Waals surface area contributed by atoms with Crippen molar-refractivity contribution in [3.05, 3.63) is 0 Å². The molecule has 2 N–H and O–H groups in total. The van der Waals surface area contributed by atoms with Gasteiger partial charge >= 0.3 is 5.97 Å². The van der Waals surface area contributed by atoms with Crippen LogP contribution < -0.4 is 5.32 Å². The Kier molecular flexibility index (Phi) is 3.40. The molecule has 0 heterocycles. The van der Waals surface area contributed by atoms with Gasteiger partial charge in [-0.05, 0) is 25.7 Å².